The molecule has 96 valence electrons. The van der Waals surface area contributed by atoms with E-state index in [9.17, 15) is 4.79 Å². The largest absolute Gasteiger partial charge is 0.467 e. The predicted molar refractivity (Wildman–Crippen MR) is 76.1 cm³/mol. The van der Waals surface area contributed by atoms with E-state index >= 15 is 0 Å². The van der Waals surface area contributed by atoms with Crippen molar-refractivity contribution in [3.63, 3.8) is 0 Å². The highest BCUT2D eigenvalue weighted by atomic mass is 32.1. The van der Waals surface area contributed by atoms with Gasteiger partial charge in [0.2, 0.25) is 0 Å². The molecular formula is C14H12N2O2S. The number of thiophene rings is 1. The third-order valence-electron chi connectivity index (χ3n) is 2.77. The van der Waals surface area contributed by atoms with Gasteiger partial charge < -0.3 is 15.5 Å². The molecular weight excluding hydrogens is 260 g/mol. The summed E-state index contributed by atoms with van der Waals surface area (Å²) in [7, 11) is 0. The molecule has 4 nitrogen and oxygen atoms in total. The zero-order valence-corrected chi connectivity index (χ0v) is 10.9. The number of benzene rings is 1. The van der Waals surface area contributed by atoms with Gasteiger partial charge in [0.1, 0.15) is 5.76 Å². The lowest BCUT2D eigenvalue weighted by molar-refractivity contribution is 0.0952. The number of nitrogens with two attached hydrogens (primary N) is 1. The van der Waals surface area contributed by atoms with Gasteiger partial charge in [-0.15, -0.1) is 11.3 Å². The van der Waals surface area contributed by atoms with E-state index in [1.807, 2.05) is 30.3 Å². The molecule has 0 bridgehead atoms. The topological polar surface area (TPSA) is 68.3 Å². The van der Waals surface area contributed by atoms with Crippen molar-refractivity contribution in [3.8, 4) is 0 Å². The molecule has 0 saturated heterocycles. The van der Waals surface area contributed by atoms with E-state index in [1.165, 1.54) is 11.3 Å². The Kier molecular flexibility index (Phi) is 2.97. The molecule has 0 unspecified atom stereocenters. The first-order valence-corrected chi connectivity index (χ1v) is 6.64. The van der Waals surface area contributed by atoms with Crippen molar-refractivity contribution in [2.75, 3.05) is 5.73 Å². The predicted octanol–water partition coefficient (Wildman–Crippen LogP) is 3.01. The van der Waals surface area contributed by atoms with Gasteiger partial charge >= 0.3 is 0 Å². The molecule has 1 aromatic carbocycles. The molecule has 0 aliphatic heterocycles. The van der Waals surface area contributed by atoms with Crippen molar-refractivity contribution in [3.05, 3.63) is 53.3 Å². The molecule has 0 aliphatic carbocycles. The fourth-order valence-electron chi connectivity index (χ4n) is 1.84. The minimum Gasteiger partial charge on any atom is -0.467 e. The third kappa shape index (κ3) is 2.46. The zero-order chi connectivity index (χ0) is 13.2. The third-order valence-corrected chi connectivity index (χ3v) is 3.88. The molecule has 3 aromatic rings. The van der Waals surface area contributed by atoms with Crippen LogP contribution < -0.4 is 11.1 Å². The van der Waals surface area contributed by atoms with Gasteiger partial charge in [-0.1, -0.05) is 0 Å². The number of nitrogens with one attached hydrogen (secondary N) is 1. The fourth-order valence-corrected chi connectivity index (χ4v) is 2.80. The highest BCUT2D eigenvalue weighted by Gasteiger charge is 2.10. The quantitative estimate of drug-likeness (QED) is 0.720. The Morgan fingerprint density at radius 2 is 2.21 bits per heavy atom. The first kappa shape index (κ1) is 11.8. The summed E-state index contributed by atoms with van der Waals surface area (Å²) >= 11 is 1.45. The van der Waals surface area contributed by atoms with Gasteiger partial charge in [-0.2, -0.15) is 0 Å². The summed E-state index contributed by atoms with van der Waals surface area (Å²) in [5.41, 5.74) is 6.43. The average Bonchev–Trinajstić information content (AvgIpc) is 3.04. The van der Waals surface area contributed by atoms with E-state index in [2.05, 4.69) is 5.32 Å². The zero-order valence-electron chi connectivity index (χ0n) is 10.1. The summed E-state index contributed by atoms with van der Waals surface area (Å²) in [4.78, 5) is 12.7. The number of carbonyl (C=O) groups is 1. The van der Waals surface area contributed by atoms with Gasteiger partial charge in [-0.05, 0) is 41.8 Å². The van der Waals surface area contributed by atoms with Gasteiger partial charge in [-0.3, -0.25) is 4.79 Å². The second-order valence-electron chi connectivity index (χ2n) is 4.17. The normalized spacial score (nSPS) is 10.7. The molecule has 3 rings (SSSR count). The summed E-state index contributed by atoms with van der Waals surface area (Å²) in [6.07, 6.45) is 1.59. The minimum atomic E-state index is -0.101. The van der Waals surface area contributed by atoms with Gasteiger partial charge in [0, 0.05) is 10.4 Å². The second-order valence-corrected chi connectivity index (χ2v) is 5.25. The van der Waals surface area contributed by atoms with E-state index in [0.717, 1.165) is 15.8 Å². The maximum atomic E-state index is 12.0. The van der Waals surface area contributed by atoms with Gasteiger partial charge in [-0.25, -0.2) is 0 Å². The van der Waals surface area contributed by atoms with Crippen LogP contribution >= 0.6 is 11.3 Å². The molecule has 1 amide bonds. The van der Waals surface area contributed by atoms with Crippen LogP contribution in [0.5, 0.6) is 0 Å². The number of rotatable bonds is 3. The monoisotopic (exact) mass is 272 g/mol. The Labute approximate surface area is 113 Å². The summed E-state index contributed by atoms with van der Waals surface area (Å²) in [5, 5.41) is 3.82. The van der Waals surface area contributed by atoms with Crippen molar-refractivity contribution in [2.24, 2.45) is 0 Å². The van der Waals surface area contributed by atoms with Crippen LogP contribution in [0.25, 0.3) is 10.1 Å². The van der Waals surface area contributed by atoms with E-state index in [0.29, 0.717) is 17.1 Å². The molecule has 19 heavy (non-hydrogen) atoms. The van der Waals surface area contributed by atoms with Crippen LogP contribution in [-0.2, 0) is 6.54 Å². The lowest BCUT2D eigenvalue weighted by Crippen LogP contribution is -2.21. The summed E-state index contributed by atoms with van der Waals surface area (Å²) in [5.74, 6) is 0.634. The van der Waals surface area contributed by atoms with Crippen LogP contribution in [0.3, 0.4) is 0 Å². The Balaban J connectivity index is 1.77. The van der Waals surface area contributed by atoms with Crippen LogP contribution in [0.1, 0.15) is 15.4 Å². The van der Waals surface area contributed by atoms with Crippen LogP contribution in [-0.4, -0.2) is 5.91 Å². The van der Waals surface area contributed by atoms with E-state index in [-0.39, 0.29) is 5.91 Å². The van der Waals surface area contributed by atoms with Crippen LogP contribution in [0, 0.1) is 0 Å². The van der Waals surface area contributed by atoms with Gasteiger partial charge in [0.25, 0.3) is 5.91 Å². The summed E-state index contributed by atoms with van der Waals surface area (Å²) in [6, 6.07) is 11.1. The van der Waals surface area contributed by atoms with Gasteiger partial charge in [0.15, 0.2) is 0 Å². The van der Waals surface area contributed by atoms with Crippen LogP contribution in [0.2, 0.25) is 0 Å². The van der Waals surface area contributed by atoms with E-state index in [4.69, 9.17) is 10.2 Å². The number of carbonyl (C=O) groups excluding carboxylic acids is 1. The van der Waals surface area contributed by atoms with Crippen molar-refractivity contribution in [1.82, 2.24) is 5.32 Å². The highest BCUT2D eigenvalue weighted by molar-refractivity contribution is 7.20. The number of anilines is 1. The molecule has 0 radical (unpaired) electrons. The Morgan fingerprint density at radius 3 is 3.00 bits per heavy atom. The standard InChI is InChI=1S/C14H12N2O2S/c15-10-3-4-12-9(6-10)7-13(19-12)14(17)16-8-11-2-1-5-18-11/h1-7H,8,15H2,(H,16,17). The van der Waals surface area contributed by atoms with Crippen LogP contribution in [0.15, 0.2) is 47.1 Å². The number of nitrogen functional groups attached to an aromatic ring is 1. The average molecular weight is 272 g/mol. The maximum absolute atomic E-state index is 12.0. The Hall–Kier alpha value is -2.27. The SMILES string of the molecule is Nc1ccc2sc(C(=O)NCc3ccco3)cc2c1. The second kappa shape index (κ2) is 4.78. The molecule has 0 atom stereocenters. The molecule has 2 heterocycles. The smallest absolute Gasteiger partial charge is 0.261 e. The van der Waals surface area contributed by atoms with Crippen molar-refractivity contribution < 1.29 is 9.21 Å². The molecule has 0 saturated carbocycles. The molecule has 2 aromatic heterocycles. The molecule has 0 spiro atoms. The Morgan fingerprint density at radius 1 is 1.32 bits per heavy atom. The van der Waals surface area contributed by atoms with Crippen molar-refractivity contribution >= 4 is 33.0 Å². The minimum absolute atomic E-state index is 0.101. The molecule has 5 heteroatoms. The molecule has 3 N–H and O–H groups in total. The number of hydrogen-bond acceptors (Lipinski definition) is 4. The lowest BCUT2D eigenvalue weighted by atomic mass is 10.2. The summed E-state index contributed by atoms with van der Waals surface area (Å²) < 4.78 is 6.22. The van der Waals surface area contributed by atoms with Crippen LogP contribution in [0.4, 0.5) is 5.69 Å². The number of furan rings is 1. The highest BCUT2D eigenvalue weighted by Crippen LogP contribution is 2.27. The maximum Gasteiger partial charge on any atom is 0.261 e. The fraction of sp³-hybridized carbons (Fsp3) is 0.0714. The number of fused-ring (bicyclic) bond motifs is 1. The first-order valence-electron chi connectivity index (χ1n) is 5.82. The van der Waals surface area contributed by atoms with E-state index < -0.39 is 0 Å². The van der Waals surface area contributed by atoms with Crippen molar-refractivity contribution in [2.45, 2.75) is 6.54 Å². The molecule has 0 fully saturated rings. The molecule has 0 aliphatic rings. The number of amides is 1. The van der Waals surface area contributed by atoms with Crippen molar-refractivity contribution in [1.29, 1.82) is 0 Å². The lowest BCUT2D eigenvalue weighted by Gasteiger charge is -1.99. The Bertz CT molecular complexity index is 716. The number of hydrogen-bond donors (Lipinski definition) is 2. The summed E-state index contributed by atoms with van der Waals surface area (Å²) in [6.45, 7) is 0.391. The van der Waals surface area contributed by atoms with E-state index in [1.54, 1.807) is 12.3 Å². The van der Waals surface area contributed by atoms with Gasteiger partial charge in [0.05, 0.1) is 17.7 Å². The first-order chi connectivity index (χ1) is 9.22.